The second kappa shape index (κ2) is 5.81. The first-order valence-corrected chi connectivity index (χ1v) is 6.18. The van der Waals surface area contributed by atoms with Gasteiger partial charge in [-0.3, -0.25) is 4.90 Å². The summed E-state index contributed by atoms with van der Waals surface area (Å²) >= 11 is 0. The van der Waals surface area contributed by atoms with Gasteiger partial charge in [-0.05, 0) is 31.4 Å². The van der Waals surface area contributed by atoms with E-state index in [1.807, 2.05) is 30.3 Å². The van der Waals surface area contributed by atoms with Crippen molar-refractivity contribution in [3.63, 3.8) is 0 Å². The van der Waals surface area contributed by atoms with Crippen molar-refractivity contribution in [1.29, 1.82) is 5.26 Å². The van der Waals surface area contributed by atoms with E-state index in [9.17, 15) is 5.11 Å². The zero-order valence-electron chi connectivity index (χ0n) is 9.92. The van der Waals surface area contributed by atoms with E-state index in [2.05, 4.69) is 11.0 Å². The maximum Gasteiger partial charge on any atom is 0.0978 e. The summed E-state index contributed by atoms with van der Waals surface area (Å²) in [4.78, 5) is 2.17. The number of nitrogens with zero attached hydrogens (tertiary/aromatic N) is 2. The van der Waals surface area contributed by atoms with Crippen molar-refractivity contribution in [2.24, 2.45) is 0 Å². The summed E-state index contributed by atoms with van der Waals surface area (Å²) in [7, 11) is 0. The minimum atomic E-state index is -0.420. The predicted octanol–water partition coefficient (Wildman–Crippen LogP) is 2.10. The van der Waals surface area contributed by atoms with Crippen LogP contribution < -0.4 is 0 Å². The maximum absolute atomic E-state index is 10.0. The predicted molar refractivity (Wildman–Crippen MR) is 66.2 cm³/mol. The number of aliphatic hydroxyl groups is 1. The molecule has 1 N–H and O–H groups in total. The Balaban J connectivity index is 1.84. The fraction of sp³-hybridized carbons (Fsp3) is 0.500. The van der Waals surface area contributed by atoms with E-state index >= 15 is 0 Å². The molecule has 2 rings (SSSR count). The van der Waals surface area contributed by atoms with Crippen molar-refractivity contribution in [2.45, 2.75) is 31.4 Å². The molecule has 1 aromatic carbocycles. The first kappa shape index (κ1) is 12.1. The van der Waals surface area contributed by atoms with Crippen LogP contribution in [0.15, 0.2) is 30.3 Å². The molecule has 3 nitrogen and oxygen atoms in total. The molecule has 1 heterocycles. The normalized spacial score (nSPS) is 22.2. The fourth-order valence-electron chi connectivity index (χ4n) is 2.37. The van der Waals surface area contributed by atoms with Crippen molar-refractivity contribution < 1.29 is 5.11 Å². The molecule has 1 unspecified atom stereocenters. The monoisotopic (exact) mass is 230 g/mol. The van der Waals surface area contributed by atoms with E-state index in [0.717, 1.165) is 31.5 Å². The van der Waals surface area contributed by atoms with E-state index in [0.29, 0.717) is 6.42 Å². The van der Waals surface area contributed by atoms with E-state index in [1.54, 1.807) is 0 Å². The van der Waals surface area contributed by atoms with Gasteiger partial charge in [0.15, 0.2) is 0 Å². The Bertz CT molecular complexity index is 385. The number of benzene rings is 1. The number of hydrogen-bond acceptors (Lipinski definition) is 3. The molecule has 1 aromatic rings. The highest BCUT2D eigenvalue weighted by atomic mass is 16.3. The van der Waals surface area contributed by atoms with Crippen LogP contribution >= 0.6 is 0 Å². The third-order valence-electron chi connectivity index (χ3n) is 3.39. The topological polar surface area (TPSA) is 47.3 Å². The lowest BCUT2D eigenvalue weighted by Crippen LogP contribution is -2.30. The average Bonchev–Trinajstić information content (AvgIpc) is 2.84. The summed E-state index contributed by atoms with van der Waals surface area (Å²) in [5.74, 6) is 0. The summed E-state index contributed by atoms with van der Waals surface area (Å²) in [6.07, 6.45) is 2.34. The molecule has 90 valence electrons. The van der Waals surface area contributed by atoms with Crippen LogP contribution in [-0.2, 0) is 0 Å². The molecular weight excluding hydrogens is 212 g/mol. The molecule has 3 heteroatoms. The van der Waals surface area contributed by atoms with E-state index in [1.165, 1.54) is 0 Å². The molecular formula is C14H18N2O. The van der Waals surface area contributed by atoms with Gasteiger partial charge in [0.05, 0.1) is 18.2 Å². The van der Waals surface area contributed by atoms with Crippen molar-refractivity contribution in [1.82, 2.24) is 4.90 Å². The van der Waals surface area contributed by atoms with Crippen LogP contribution in [0.4, 0.5) is 0 Å². The first-order valence-electron chi connectivity index (χ1n) is 6.18. The van der Waals surface area contributed by atoms with Crippen LogP contribution in [0.3, 0.4) is 0 Å². The summed E-state index contributed by atoms with van der Waals surface area (Å²) in [5.41, 5.74) is 0.959. The Morgan fingerprint density at radius 3 is 2.88 bits per heavy atom. The molecule has 1 aliphatic rings. The highest BCUT2D eigenvalue weighted by Gasteiger charge is 2.24. The maximum atomic E-state index is 10.0. The quantitative estimate of drug-likeness (QED) is 0.861. The van der Waals surface area contributed by atoms with Crippen LogP contribution in [0.1, 0.15) is 30.9 Å². The SMILES string of the molecule is N#CC1CCCN1CC[C@@H](O)c1ccccc1. The molecule has 1 fully saturated rings. The van der Waals surface area contributed by atoms with Crippen LogP contribution in [-0.4, -0.2) is 29.1 Å². The van der Waals surface area contributed by atoms with Gasteiger partial charge < -0.3 is 5.11 Å². The van der Waals surface area contributed by atoms with Crippen molar-refractivity contribution in [3.8, 4) is 6.07 Å². The molecule has 17 heavy (non-hydrogen) atoms. The highest BCUT2D eigenvalue weighted by molar-refractivity contribution is 5.17. The third-order valence-corrected chi connectivity index (χ3v) is 3.39. The van der Waals surface area contributed by atoms with Crippen LogP contribution in [0.2, 0.25) is 0 Å². The molecule has 0 saturated carbocycles. The standard InChI is InChI=1S/C14H18N2O/c15-11-13-7-4-9-16(13)10-8-14(17)12-5-2-1-3-6-12/h1-3,5-6,13-14,17H,4,7-10H2/t13?,14-/m1/s1. The van der Waals surface area contributed by atoms with Gasteiger partial charge >= 0.3 is 0 Å². The van der Waals surface area contributed by atoms with Gasteiger partial charge in [-0.15, -0.1) is 0 Å². The zero-order valence-corrected chi connectivity index (χ0v) is 9.92. The van der Waals surface area contributed by atoms with Crippen LogP contribution in [0, 0.1) is 11.3 Å². The number of rotatable bonds is 4. The van der Waals surface area contributed by atoms with Gasteiger partial charge in [-0.1, -0.05) is 30.3 Å². The molecule has 0 amide bonds. The Kier molecular flexibility index (Phi) is 4.13. The Morgan fingerprint density at radius 2 is 2.18 bits per heavy atom. The van der Waals surface area contributed by atoms with E-state index in [4.69, 9.17) is 5.26 Å². The van der Waals surface area contributed by atoms with Crippen LogP contribution in [0.25, 0.3) is 0 Å². The lowest BCUT2D eigenvalue weighted by molar-refractivity contribution is 0.144. The number of aliphatic hydroxyl groups excluding tert-OH is 1. The van der Waals surface area contributed by atoms with E-state index < -0.39 is 6.10 Å². The Morgan fingerprint density at radius 1 is 1.41 bits per heavy atom. The largest absolute Gasteiger partial charge is 0.388 e. The Labute approximate surface area is 102 Å². The lowest BCUT2D eigenvalue weighted by atomic mass is 10.1. The molecule has 1 aliphatic heterocycles. The second-order valence-electron chi connectivity index (χ2n) is 4.54. The number of hydrogen-bond donors (Lipinski definition) is 1. The summed E-state index contributed by atoms with van der Waals surface area (Å²) < 4.78 is 0. The summed E-state index contributed by atoms with van der Waals surface area (Å²) in [6.45, 7) is 1.79. The van der Waals surface area contributed by atoms with Gasteiger partial charge in [0.2, 0.25) is 0 Å². The summed E-state index contributed by atoms with van der Waals surface area (Å²) in [5, 5.41) is 19.0. The van der Waals surface area contributed by atoms with Gasteiger partial charge in [0.1, 0.15) is 0 Å². The Hall–Kier alpha value is -1.37. The molecule has 0 bridgehead atoms. The summed E-state index contributed by atoms with van der Waals surface area (Å²) in [6, 6.07) is 12.1. The van der Waals surface area contributed by atoms with Crippen molar-refractivity contribution in [2.75, 3.05) is 13.1 Å². The molecule has 0 aromatic heterocycles. The third kappa shape index (κ3) is 3.06. The zero-order chi connectivity index (χ0) is 12.1. The van der Waals surface area contributed by atoms with Gasteiger partial charge in [0.25, 0.3) is 0 Å². The number of likely N-dealkylation sites (tertiary alicyclic amines) is 1. The smallest absolute Gasteiger partial charge is 0.0978 e. The number of nitriles is 1. The minimum Gasteiger partial charge on any atom is -0.388 e. The molecule has 1 saturated heterocycles. The van der Waals surface area contributed by atoms with Gasteiger partial charge in [-0.2, -0.15) is 5.26 Å². The lowest BCUT2D eigenvalue weighted by Gasteiger charge is -2.20. The van der Waals surface area contributed by atoms with Crippen molar-refractivity contribution >= 4 is 0 Å². The minimum absolute atomic E-state index is 0.0537. The van der Waals surface area contributed by atoms with Crippen molar-refractivity contribution in [3.05, 3.63) is 35.9 Å². The van der Waals surface area contributed by atoms with Crippen LogP contribution in [0.5, 0.6) is 0 Å². The van der Waals surface area contributed by atoms with E-state index in [-0.39, 0.29) is 6.04 Å². The first-order chi connectivity index (χ1) is 8.31. The molecule has 2 atom stereocenters. The van der Waals surface area contributed by atoms with Gasteiger partial charge in [0, 0.05) is 6.54 Å². The molecule has 0 spiro atoms. The molecule has 0 radical (unpaired) electrons. The molecule has 0 aliphatic carbocycles. The second-order valence-corrected chi connectivity index (χ2v) is 4.54. The highest BCUT2D eigenvalue weighted by Crippen LogP contribution is 2.21. The fourth-order valence-corrected chi connectivity index (χ4v) is 2.37. The average molecular weight is 230 g/mol. The van der Waals surface area contributed by atoms with Gasteiger partial charge in [-0.25, -0.2) is 0 Å².